The standard InChI is InChI=1S/C21H20N4OS/c1-3-16-4-6-17(7-5-16)15(2)25-21(26)18(12-22)13-24-19-8-10-20(11-9-19)27-14-23/h4-11,13,15,24H,3H2,1-2H3,(H,25,26)/b18-13-. The van der Waals surface area contributed by atoms with Gasteiger partial charge in [-0.1, -0.05) is 31.2 Å². The number of carbonyl (C=O) groups excluding carboxylic acids is 1. The molecule has 0 spiro atoms. The Bertz CT molecular complexity index is 890. The predicted molar refractivity (Wildman–Crippen MR) is 108 cm³/mol. The van der Waals surface area contributed by atoms with Crippen LogP contribution >= 0.6 is 11.8 Å². The van der Waals surface area contributed by atoms with E-state index in [1.807, 2.05) is 42.7 Å². The summed E-state index contributed by atoms with van der Waals surface area (Å²) in [4.78, 5) is 13.2. The molecular weight excluding hydrogens is 356 g/mol. The minimum absolute atomic E-state index is 0.0116. The fourth-order valence-electron chi connectivity index (χ4n) is 2.38. The quantitative estimate of drug-likeness (QED) is 0.321. The van der Waals surface area contributed by atoms with Gasteiger partial charge in [0.25, 0.3) is 5.91 Å². The molecule has 2 aromatic carbocycles. The van der Waals surface area contributed by atoms with Gasteiger partial charge in [0.15, 0.2) is 0 Å². The highest BCUT2D eigenvalue weighted by Crippen LogP contribution is 2.19. The molecule has 0 heterocycles. The summed E-state index contributed by atoms with van der Waals surface area (Å²) in [6, 6.07) is 16.9. The Morgan fingerprint density at radius 3 is 2.37 bits per heavy atom. The first-order valence-corrected chi connectivity index (χ1v) is 9.31. The van der Waals surface area contributed by atoms with Crippen molar-refractivity contribution in [2.45, 2.75) is 31.2 Å². The van der Waals surface area contributed by atoms with Crippen LogP contribution < -0.4 is 10.6 Å². The first-order valence-electron chi connectivity index (χ1n) is 8.50. The average Bonchev–Trinajstić information content (AvgIpc) is 2.70. The number of carbonyl (C=O) groups is 1. The summed E-state index contributed by atoms with van der Waals surface area (Å²) < 4.78 is 0. The van der Waals surface area contributed by atoms with Gasteiger partial charge in [-0.3, -0.25) is 4.79 Å². The summed E-state index contributed by atoms with van der Waals surface area (Å²) in [6.45, 7) is 3.97. The summed E-state index contributed by atoms with van der Waals surface area (Å²) in [5, 5.41) is 25.7. The molecule has 0 saturated heterocycles. The second kappa shape index (κ2) is 10.1. The monoisotopic (exact) mass is 376 g/mol. The normalized spacial score (nSPS) is 11.8. The summed E-state index contributed by atoms with van der Waals surface area (Å²) in [6.07, 6.45) is 2.35. The second-order valence-corrected chi connectivity index (χ2v) is 6.68. The van der Waals surface area contributed by atoms with Crippen molar-refractivity contribution in [1.82, 2.24) is 5.32 Å². The maximum atomic E-state index is 12.4. The second-order valence-electron chi connectivity index (χ2n) is 5.82. The Kier molecular flexibility index (Phi) is 7.49. The third-order valence-corrected chi connectivity index (χ3v) is 4.60. The third kappa shape index (κ3) is 5.91. The molecule has 27 heavy (non-hydrogen) atoms. The fourth-order valence-corrected chi connectivity index (χ4v) is 2.75. The van der Waals surface area contributed by atoms with Crippen LogP contribution in [-0.2, 0) is 11.2 Å². The Labute approximate surface area is 163 Å². The molecule has 6 heteroatoms. The zero-order valence-electron chi connectivity index (χ0n) is 15.2. The van der Waals surface area contributed by atoms with Crippen molar-refractivity contribution < 1.29 is 4.79 Å². The molecule has 1 atom stereocenters. The van der Waals surface area contributed by atoms with Crippen molar-refractivity contribution in [1.29, 1.82) is 10.5 Å². The number of thioether (sulfide) groups is 1. The highest BCUT2D eigenvalue weighted by molar-refractivity contribution is 8.03. The van der Waals surface area contributed by atoms with E-state index in [1.54, 1.807) is 24.3 Å². The lowest BCUT2D eigenvalue weighted by Crippen LogP contribution is -2.28. The first kappa shape index (κ1) is 20.1. The van der Waals surface area contributed by atoms with Gasteiger partial charge in [0, 0.05) is 16.8 Å². The van der Waals surface area contributed by atoms with Gasteiger partial charge in [0.2, 0.25) is 0 Å². The molecule has 2 rings (SSSR count). The van der Waals surface area contributed by atoms with E-state index >= 15 is 0 Å². The number of amides is 1. The van der Waals surface area contributed by atoms with Gasteiger partial charge in [-0.15, -0.1) is 0 Å². The topological polar surface area (TPSA) is 88.7 Å². The van der Waals surface area contributed by atoms with E-state index in [1.165, 1.54) is 11.8 Å². The van der Waals surface area contributed by atoms with Crippen molar-refractivity contribution in [2.75, 3.05) is 5.32 Å². The van der Waals surface area contributed by atoms with E-state index in [0.29, 0.717) is 0 Å². The number of hydrogen-bond donors (Lipinski definition) is 2. The lowest BCUT2D eigenvalue weighted by Gasteiger charge is -2.14. The predicted octanol–water partition coefficient (Wildman–Crippen LogP) is 4.52. The SMILES string of the molecule is CCc1ccc(C(C)NC(=O)/C(C#N)=C\Nc2ccc(SC#N)cc2)cc1. The zero-order valence-corrected chi connectivity index (χ0v) is 16.0. The summed E-state index contributed by atoms with van der Waals surface area (Å²) in [5.41, 5.74) is 2.93. The Hall–Kier alpha value is -3.22. The summed E-state index contributed by atoms with van der Waals surface area (Å²) in [5.74, 6) is -0.436. The van der Waals surface area contributed by atoms with E-state index in [9.17, 15) is 10.1 Å². The van der Waals surface area contributed by atoms with Gasteiger partial charge >= 0.3 is 0 Å². The first-order chi connectivity index (χ1) is 13.1. The van der Waals surface area contributed by atoms with E-state index < -0.39 is 5.91 Å². The van der Waals surface area contributed by atoms with Gasteiger partial charge in [-0.05, 0) is 60.5 Å². The molecule has 0 bridgehead atoms. The fraction of sp³-hybridized carbons (Fsp3) is 0.190. The zero-order chi connectivity index (χ0) is 19.6. The van der Waals surface area contributed by atoms with Gasteiger partial charge < -0.3 is 10.6 Å². The average molecular weight is 376 g/mol. The maximum absolute atomic E-state index is 12.4. The molecule has 0 saturated carbocycles. The lowest BCUT2D eigenvalue weighted by molar-refractivity contribution is -0.117. The molecule has 2 aromatic rings. The van der Waals surface area contributed by atoms with Crippen LogP contribution in [0.25, 0.3) is 0 Å². The van der Waals surface area contributed by atoms with Crippen molar-refractivity contribution >= 4 is 23.4 Å². The van der Waals surface area contributed by atoms with Crippen LogP contribution in [0.5, 0.6) is 0 Å². The van der Waals surface area contributed by atoms with Crippen LogP contribution in [0.15, 0.2) is 65.2 Å². The molecule has 0 fully saturated rings. The number of nitrogens with one attached hydrogen (secondary N) is 2. The molecule has 0 radical (unpaired) electrons. The van der Waals surface area contributed by atoms with Gasteiger partial charge in [-0.25, -0.2) is 0 Å². The van der Waals surface area contributed by atoms with Gasteiger partial charge in [0.1, 0.15) is 17.0 Å². The molecule has 1 amide bonds. The molecule has 5 nitrogen and oxygen atoms in total. The molecule has 0 aliphatic carbocycles. The van der Waals surface area contributed by atoms with E-state index in [0.717, 1.165) is 34.3 Å². The van der Waals surface area contributed by atoms with E-state index in [2.05, 4.69) is 17.6 Å². The van der Waals surface area contributed by atoms with Crippen molar-refractivity contribution in [3.63, 3.8) is 0 Å². The molecule has 0 aliphatic heterocycles. The van der Waals surface area contributed by atoms with Crippen LogP contribution in [0.4, 0.5) is 5.69 Å². The van der Waals surface area contributed by atoms with Gasteiger partial charge in [-0.2, -0.15) is 10.5 Å². The minimum Gasteiger partial charge on any atom is -0.360 e. The number of nitriles is 2. The maximum Gasteiger partial charge on any atom is 0.263 e. The molecule has 1 unspecified atom stereocenters. The number of aryl methyl sites for hydroxylation is 1. The summed E-state index contributed by atoms with van der Waals surface area (Å²) >= 11 is 1.07. The number of nitrogens with zero attached hydrogens (tertiary/aromatic N) is 2. The van der Waals surface area contributed by atoms with Crippen molar-refractivity contribution in [3.05, 3.63) is 71.4 Å². The Morgan fingerprint density at radius 2 is 1.81 bits per heavy atom. The molecule has 2 N–H and O–H groups in total. The van der Waals surface area contributed by atoms with Crippen molar-refractivity contribution in [3.8, 4) is 11.5 Å². The van der Waals surface area contributed by atoms with Crippen LogP contribution in [0.1, 0.15) is 31.0 Å². The highest BCUT2D eigenvalue weighted by Gasteiger charge is 2.13. The largest absolute Gasteiger partial charge is 0.360 e. The highest BCUT2D eigenvalue weighted by atomic mass is 32.2. The minimum atomic E-state index is -0.436. The lowest BCUT2D eigenvalue weighted by atomic mass is 10.0. The molecule has 0 aromatic heterocycles. The van der Waals surface area contributed by atoms with Gasteiger partial charge in [0.05, 0.1) is 6.04 Å². The van der Waals surface area contributed by atoms with Crippen LogP contribution in [0.3, 0.4) is 0 Å². The van der Waals surface area contributed by atoms with E-state index in [4.69, 9.17) is 5.26 Å². The van der Waals surface area contributed by atoms with Crippen LogP contribution in [0.2, 0.25) is 0 Å². The van der Waals surface area contributed by atoms with E-state index in [-0.39, 0.29) is 11.6 Å². The van der Waals surface area contributed by atoms with Crippen LogP contribution in [0, 0.1) is 22.0 Å². The number of rotatable bonds is 7. The van der Waals surface area contributed by atoms with Crippen LogP contribution in [-0.4, -0.2) is 5.91 Å². The third-order valence-electron chi connectivity index (χ3n) is 4.00. The Morgan fingerprint density at radius 1 is 1.15 bits per heavy atom. The molecule has 136 valence electrons. The number of benzene rings is 2. The number of thiocyanates is 1. The number of anilines is 1. The number of hydrogen-bond acceptors (Lipinski definition) is 5. The molecular formula is C21H20N4OS. The summed E-state index contributed by atoms with van der Waals surface area (Å²) in [7, 11) is 0. The molecule has 0 aliphatic rings. The smallest absolute Gasteiger partial charge is 0.263 e. The Balaban J connectivity index is 2.00. The van der Waals surface area contributed by atoms with Crippen molar-refractivity contribution in [2.24, 2.45) is 0 Å².